The predicted molar refractivity (Wildman–Crippen MR) is 71.8 cm³/mol. The molecule has 1 aliphatic rings. The van der Waals surface area contributed by atoms with Crippen molar-refractivity contribution in [1.82, 2.24) is 10.2 Å². The van der Waals surface area contributed by atoms with E-state index in [2.05, 4.69) is 10.2 Å². The van der Waals surface area contributed by atoms with Gasteiger partial charge in [-0.1, -0.05) is 0 Å². The van der Waals surface area contributed by atoms with Crippen molar-refractivity contribution in [2.24, 2.45) is 0 Å². The van der Waals surface area contributed by atoms with Crippen LogP contribution in [0.1, 0.15) is 35.6 Å². The van der Waals surface area contributed by atoms with Gasteiger partial charge < -0.3 is 20.3 Å². The lowest BCUT2D eigenvalue weighted by Crippen LogP contribution is -2.44. The molecule has 1 aromatic rings. The number of hydrogen-bond donors (Lipinski definition) is 2. The molecule has 0 saturated carbocycles. The van der Waals surface area contributed by atoms with Gasteiger partial charge in [-0.15, -0.1) is 11.3 Å². The molecule has 1 aliphatic heterocycles. The summed E-state index contributed by atoms with van der Waals surface area (Å²) >= 11 is 1.54. The molecular formula is C13H19N2O3S-. The van der Waals surface area contributed by atoms with Crippen molar-refractivity contribution in [3.8, 4) is 0 Å². The number of aliphatic hydroxyl groups excluding tert-OH is 1. The molecule has 1 saturated heterocycles. The van der Waals surface area contributed by atoms with E-state index in [0.717, 1.165) is 24.5 Å². The molecule has 0 spiro atoms. The van der Waals surface area contributed by atoms with Crippen LogP contribution in [0.5, 0.6) is 0 Å². The lowest BCUT2D eigenvalue weighted by atomic mass is 10.1. The van der Waals surface area contributed by atoms with E-state index in [-0.39, 0.29) is 0 Å². The van der Waals surface area contributed by atoms with Gasteiger partial charge in [-0.3, -0.25) is 4.90 Å². The largest absolute Gasteiger partial charge is 0.530 e. The molecule has 5 nitrogen and oxygen atoms in total. The highest BCUT2D eigenvalue weighted by molar-refractivity contribution is 7.12. The zero-order valence-electron chi connectivity index (χ0n) is 11.0. The summed E-state index contributed by atoms with van der Waals surface area (Å²) in [5.41, 5.74) is 0. The summed E-state index contributed by atoms with van der Waals surface area (Å²) in [6.07, 6.45) is 0.330. The maximum Gasteiger partial charge on any atom is 0.134 e. The summed E-state index contributed by atoms with van der Waals surface area (Å²) in [5, 5.41) is 22.7. The van der Waals surface area contributed by atoms with Crippen molar-refractivity contribution in [2.45, 2.75) is 38.5 Å². The van der Waals surface area contributed by atoms with Crippen molar-refractivity contribution in [1.29, 1.82) is 0 Å². The first kappa shape index (κ1) is 14.3. The number of carbonyl (C=O) groups is 1. The summed E-state index contributed by atoms with van der Waals surface area (Å²) in [6.45, 7) is 4.82. The number of hydrogen-bond acceptors (Lipinski definition) is 5. The van der Waals surface area contributed by atoms with Gasteiger partial charge in [-0.2, -0.15) is 0 Å². The van der Waals surface area contributed by atoms with Gasteiger partial charge in [0.05, 0.1) is 6.04 Å². The Morgan fingerprint density at radius 2 is 2.21 bits per heavy atom. The first-order chi connectivity index (χ1) is 9.06. The molecule has 1 amide bonds. The second kappa shape index (κ2) is 6.36. The van der Waals surface area contributed by atoms with Crippen LogP contribution in [0.2, 0.25) is 0 Å². The van der Waals surface area contributed by atoms with Crippen molar-refractivity contribution in [3.63, 3.8) is 0 Å². The number of carbonyl (C=O) groups excluding carboxylic acids is 1. The van der Waals surface area contributed by atoms with Crippen molar-refractivity contribution >= 4 is 17.4 Å². The van der Waals surface area contributed by atoms with E-state index in [4.69, 9.17) is 0 Å². The number of nitrogens with zero attached hydrogens (tertiary/aromatic N) is 1. The third kappa shape index (κ3) is 3.92. The number of carboxylic acid groups (broad SMARTS) is 1. The molecule has 19 heavy (non-hydrogen) atoms. The third-order valence-electron chi connectivity index (χ3n) is 3.37. The van der Waals surface area contributed by atoms with E-state index >= 15 is 0 Å². The van der Waals surface area contributed by atoms with Crippen LogP contribution >= 0.6 is 11.3 Å². The van der Waals surface area contributed by atoms with Crippen LogP contribution in [-0.4, -0.2) is 35.2 Å². The van der Waals surface area contributed by atoms with Crippen LogP contribution in [0.25, 0.3) is 0 Å². The van der Waals surface area contributed by atoms with Crippen molar-refractivity contribution in [2.75, 3.05) is 13.1 Å². The van der Waals surface area contributed by atoms with E-state index in [0.29, 0.717) is 0 Å². The Kier molecular flexibility index (Phi) is 4.79. The highest BCUT2D eigenvalue weighted by atomic mass is 32.1. The average molecular weight is 283 g/mol. The first-order valence-corrected chi connectivity index (χ1v) is 7.34. The third-order valence-corrected chi connectivity index (χ3v) is 4.51. The fourth-order valence-electron chi connectivity index (χ4n) is 2.31. The second-order valence-electron chi connectivity index (χ2n) is 4.95. The fourth-order valence-corrected chi connectivity index (χ4v) is 3.46. The molecule has 0 aromatic carbocycles. The van der Waals surface area contributed by atoms with Gasteiger partial charge in [0.1, 0.15) is 12.2 Å². The van der Waals surface area contributed by atoms with E-state index < -0.39 is 18.2 Å². The Bertz CT molecular complexity index is 429. The Balaban J connectivity index is 1.93. The van der Waals surface area contributed by atoms with Gasteiger partial charge in [-0.05, 0) is 45.0 Å². The minimum atomic E-state index is -1.36. The molecule has 0 aliphatic carbocycles. The molecule has 2 N–H and O–H groups in total. The molecule has 2 heterocycles. The van der Waals surface area contributed by atoms with Crippen LogP contribution in [0, 0.1) is 0 Å². The molecule has 0 bridgehead atoms. The number of rotatable bonds is 5. The Morgan fingerprint density at radius 3 is 2.84 bits per heavy atom. The lowest BCUT2D eigenvalue weighted by molar-refractivity contribution is -0.252. The monoisotopic (exact) mass is 283 g/mol. The molecular weight excluding hydrogens is 264 g/mol. The molecule has 0 radical (unpaired) electrons. The Hall–Kier alpha value is -1.11. The summed E-state index contributed by atoms with van der Waals surface area (Å²) in [5.74, 6) is 0. The maximum absolute atomic E-state index is 10.4. The maximum atomic E-state index is 10.4. The average Bonchev–Trinajstić information content (AvgIpc) is 2.99. The van der Waals surface area contributed by atoms with Gasteiger partial charge in [0.25, 0.3) is 0 Å². The van der Waals surface area contributed by atoms with Gasteiger partial charge >= 0.3 is 0 Å². The summed E-state index contributed by atoms with van der Waals surface area (Å²) in [7, 11) is 0. The Morgan fingerprint density at radius 1 is 1.53 bits per heavy atom. The van der Waals surface area contributed by atoms with Gasteiger partial charge in [0.15, 0.2) is 0 Å². The molecule has 2 atom stereocenters. The summed E-state index contributed by atoms with van der Waals surface area (Å²) in [4.78, 5) is 14.8. The number of likely N-dealkylation sites (tertiary alicyclic amines) is 1. The van der Waals surface area contributed by atoms with Crippen LogP contribution in [0.4, 0.5) is 4.79 Å². The zero-order valence-corrected chi connectivity index (χ0v) is 11.8. The van der Waals surface area contributed by atoms with Crippen molar-refractivity contribution in [3.05, 3.63) is 21.9 Å². The fraction of sp³-hybridized carbons (Fsp3) is 0.615. The topological polar surface area (TPSA) is 75.6 Å². The predicted octanol–water partition coefficient (Wildman–Crippen LogP) is 0.699. The molecule has 2 unspecified atom stereocenters. The van der Waals surface area contributed by atoms with Crippen molar-refractivity contribution < 1.29 is 15.0 Å². The highest BCUT2D eigenvalue weighted by Crippen LogP contribution is 2.27. The van der Waals surface area contributed by atoms with Gasteiger partial charge in [-0.25, -0.2) is 0 Å². The lowest BCUT2D eigenvalue weighted by Gasteiger charge is -2.20. The minimum absolute atomic E-state index is 0.566. The summed E-state index contributed by atoms with van der Waals surface area (Å²) in [6, 6.07) is 3.31. The van der Waals surface area contributed by atoms with Crippen LogP contribution in [-0.2, 0) is 6.54 Å². The molecule has 106 valence electrons. The standard InChI is InChI=1S/C13H20N2O3S/c1-9(14-13(17)18)12(16)11-5-4-10(19-11)8-15-6-2-3-7-15/h4-5,9,12,14,16H,2-3,6-8H2,1H3,(H,17,18)/p-1. The van der Waals surface area contributed by atoms with Crippen LogP contribution in [0.3, 0.4) is 0 Å². The molecule has 6 heteroatoms. The molecule has 2 rings (SSSR count). The number of amides is 1. The van der Waals surface area contributed by atoms with E-state index in [9.17, 15) is 15.0 Å². The van der Waals surface area contributed by atoms with E-state index in [1.165, 1.54) is 29.1 Å². The summed E-state index contributed by atoms with van der Waals surface area (Å²) < 4.78 is 0. The number of thiophene rings is 1. The molecule has 1 fully saturated rings. The minimum Gasteiger partial charge on any atom is -0.530 e. The second-order valence-corrected chi connectivity index (χ2v) is 6.15. The first-order valence-electron chi connectivity index (χ1n) is 6.53. The molecule has 1 aromatic heterocycles. The normalized spacial score (nSPS) is 19.3. The zero-order chi connectivity index (χ0) is 13.8. The highest BCUT2D eigenvalue weighted by Gasteiger charge is 2.19. The number of nitrogens with one attached hydrogen (secondary N) is 1. The smallest absolute Gasteiger partial charge is 0.134 e. The number of aliphatic hydroxyl groups is 1. The Labute approximate surface area is 116 Å². The van der Waals surface area contributed by atoms with E-state index in [1.54, 1.807) is 6.92 Å². The van der Waals surface area contributed by atoms with E-state index in [1.807, 2.05) is 12.1 Å². The van der Waals surface area contributed by atoms with Crippen LogP contribution < -0.4 is 10.4 Å². The van der Waals surface area contributed by atoms with Gasteiger partial charge in [0.2, 0.25) is 0 Å². The van der Waals surface area contributed by atoms with Crippen LogP contribution in [0.15, 0.2) is 12.1 Å². The van der Waals surface area contributed by atoms with Gasteiger partial charge in [0, 0.05) is 16.3 Å². The quantitative estimate of drug-likeness (QED) is 0.834. The SMILES string of the molecule is CC(NC(=O)[O-])C(O)c1ccc(CN2CCCC2)s1.